The number of carbonyl (C=O) groups is 2. The zero-order valence-corrected chi connectivity index (χ0v) is 12.5. The second kappa shape index (κ2) is 7.66. The molecule has 0 fully saturated rings. The molecule has 0 aliphatic carbocycles. The Bertz CT molecular complexity index is 490. The summed E-state index contributed by atoms with van der Waals surface area (Å²) in [5.41, 5.74) is 0.295. The summed E-state index contributed by atoms with van der Waals surface area (Å²) in [6.07, 6.45) is 4.23. The van der Waals surface area contributed by atoms with Crippen LogP contribution in [0.15, 0.2) is 16.8 Å². The van der Waals surface area contributed by atoms with Gasteiger partial charge in [-0.05, 0) is 19.8 Å². The summed E-state index contributed by atoms with van der Waals surface area (Å²) in [6.45, 7) is 5.43. The Morgan fingerprint density at radius 3 is 2.48 bits per heavy atom. The number of hydrogen-bond acceptors (Lipinski definition) is 5. The smallest absolute Gasteiger partial charge is 0.348 e. The summed E-state index contributed by atoms with van der Waals surface area (Å²) in [6, 6.07) is -1.72. The number of dihydropyridines is 1. The summed E-state index contributed by atoms with van der Waals surface area (Å²) in [7, 11) is 0. The molecule has 0 saturated heterocycles. The van der Waals surface area contributed by atoms with Crippen molar-refractivity contribution >= 4 is 17.6 Å². The average Bonchev–Trinajstić information content (AvgIpc) is 2.36. The first-order valence-electron chi connectivity index (χ1n) is 7.06. The maximum Gasteiger partial charge on any atom is 0.348 e. The van der Waals surface area contributed by atoms with Crippen molar-refractivity contribution in [3.8, 4) is 0 Å². The zero-order chi connectivity index (χ0) is 16.0. The van der Waals surface area contributed by atoms with Gasteiger partial charge in [-0.2, -0.15) is 0 Å². The molecule has 0 aromatic heterocycles. The van der Waals surface area contributed by atoms with Crippen LogP contribution in [0, 0.1) is 16.0 Å². The van der Waals surface area contributed by atoms with Crippen molar-refractivity contribution in [2.75, 3.05) is 0 Å². The summed E-state index contributed by atoms with van der Waals surface area (Å²) in [5.74, 6) is -1.97. The molecule has 0 aromatic carbocycles. The second-order valence-corrected chi connectivity index (χ2v) is 5.02. The van der Waals surface area contributed by atoms with E-state index in [1.54, 1.807) is 0 Å². The van der Waals surface area contributed by atoms with E-state index < -0.39 is 22.8 Å². The van der Waals surface area contributed by atoms with Gasteiger partial charge in [0.25, 0.3) is 0 Å². The van der Waals surface area contributed by atoms with Crippen LogP contribution in [-0.4, -0.2) is 28.6 Å². The van der Waals surface area contributed by atoms with Crippen molar-refractivity contribution in [3.63, 3.8) is 0 Å². The molecule has 0 saturated carbocycles. The first-order valence-corrected chi connectivity index (χ1v) is 7.06. The fourth-order valence-corrected chi connectivity index (χ4v) is 2.23. The van der Waals surface area contributed by atoms with Crippen LogP contribution in [0.1, 0.15) is 46.5 Å². The van der Waals surface area contributed by atoms with Gasteiger partial charge in [-0.1, -0.05) is 26.7 Å². The predicted octanol–water partition coefficient (Wildman–Crippen LogP) is 2.28. The molecule has 1 amide bonds. The first kappa shape index (κ1) is 17.0. The summed E-state index contributed by atoms with van der Waals surface area (Å²) < 4.78 is 5.15. The van der Waals surface area contributed by atoms with Gasteiger partial charge in [-0.3, -0.25) is 19.7 Å². The summed E-state index contributed by atoms with van der Waals surface area (Å²) in [5, 5.41) is 11.0. The Balaban J connectivity index is 2.91. The lowest BCUT2D eigenvalue weighted by Gasteiger charge is -2.18. The van der Waals surface area contributed by atoms with Gasteiger partial charge in [0.1, 0.15) is 0 Å². The molecule has 1 aliphatic rings. The second-order valence-electron chi connectivity index (χ2n) is 5.02. The number of nitro groups is 1. The van der Waals surface area contributed by atoms with Crippen molar-refractivity contribution in [1.29, 1.82) is 0 Å². The van der Waals surface area contributed by atoms with Crippen molar-refractivity contribution in [2.24, 2.45) is 10.9 Å². The van der Waals surface area contributed by atoms with Gasteiger partial charge in [0.2, 0.25) is 0 Å². The number of hydrogen-bond donors (Lipinski definition) is 0. The van der Waals surface area contributed by atoms with E-state index in [0.717, 1.165) is 12.8 Å². The maximum atomic E-state index is 12.1. The molecule has 0 aromatic rings. The third-order valence-corrected chi connectivity index (χ3v) is 3.18. The van der Waals surface area contributed by atoms with Crippen LogP contribution in [0.5, 0.6) is 0 Å². The minimum Gasteiger partial charge on any atom is -0.423 e. The molecule has 7 heteroatoms. The Kier molecular flexibility index (Phi) is 6.20. The molecule has 1 aliphatic heterocycles. The molecule has 0 spiro atoms. The van der Waals surface area contributed by atoms with Crippen LogP contribution in [-0.2, 0) is 14.3 Å². The lowest BCUT2D eigenvalue weighted by Crippen LogP contribution is -2.36. The Morgan fingerprint density at radius 2 is 2.00 bits per heavy atom. The normalized spacial score (nSPS) is 18.3. The molecule has 116 valence electrons. The topological polar surface area (TPSA) is 98.9 Å². The average molecular weight is 296 g/mol. The highest BCUT2D eigenvalue weighted by molar-refractivity contribution is 6.06. The lowest BCUT2D eigenvalue weighted by molar-refractivity contribution is -0.501. The summed E-state index contributed by atoms with van der Waals surface area (Å²) >= 11 is 0. The minimum absolute atomic E-state index is 0.236. The quantitative estimate of drug-likeness (QED) is 0.407. The van der Waals surface area contributed by atoms with Gasteiger partial charge in [-0.25, -0.2) is 4.99 Å². The van der Waals surface area contributed by atoms with E-state index in [0.29, 0.717) is 18.6 Å². The monoisotopic (exact) mass is 296 g/mol. The van der Waals surface area contributed by atoms with Gasteiger partial charge in [-0.15, -0.1) is 0 Å². The molecule has 7 nitrogen and oxygen atoms in total. The van der Waals surface area contributed by atoms with Crippen molar-refractivity contribution in [1.82, 2.24) is 0 Å². The van der Waals surface area contributed by atoms with Gasteiger partial charge >= 0.3 is 17.9 Å². The number of carbonyl (C=O) groups excluding carboxylic acids is 2. The number of esters is 1. The van der Waals surface area contributed by atoms with Crippen LogP contribution < -0.4 is 0 Å². The van der Waals surface area contributed by atoms with Crippen LogP contribution in [0.25, 0.3) is 0 Å². The Hall–Kier alpha value is -2.05. The van der Waals surface area contributed by atoms with E-state index in [-0.39, 0.29) is 11.7 Å². The minimum atomic E-state index is -1.72. The van der Waals surface area contributed by atoms with Crippen LogP contribution in [0.2, 0.25) is 0 Å². The standard InChI is InChI=1S/C14H20N2O5/c1-4-6-10(7-5-2)14(18)21-11-8-9(3)15-13(17)12(11)16(19)20/h8,10,12H,4-7H2,1-3H3. The maximum absolute atomic E-state index is 12.1. The fourth-order valence-electron chi connectivity index (χ4n) is 2.23. The Morgan fingerprint density at radius 1 is 1.43 bits per heavy atom. The van der Waals surface area contributed by atoms with Crippen LogP contribution in [0.3, 0.4) is 0 Å². The van der Waals surface area contributed by atoms with E-state index in [4.69, 9.17) is 4.74 Å². The van der Waals surface area contributed by atoms with Gasteiger partial charge < -0.3 is 4.74 Å². The molecule has 0 N–H and O–H groups in total. The third kappa shape index (κ3) is 4.47. The van der Waals surface area contributed by atoms with Crippen LogP contribution >= 0.6 is 0 Å². The third-order valence-electron chi connectivity index (χ3n) is 3.18. The van der Waals surface area contributed by atoms with E-state index in [9.17, 15) is 19.7 Å². The lowest BCUT2D eigenvalue weighted by atomic mass is 9.98. The number of ether oxygens (including phenoxy) is 1. The first-order chi connectivity index (χ1) is 9.90. The van der Waals surface area contributed by atoms with Crippen molar-refractivity contribution < 1.29 is 19.2 Å². The van der Waals surface area contributed by atoms with Gasteiger partial charge in [0, 0.05) is 16.7 Å². The molecule has 1 atom stereocenters. The van der Waals surface area contributed by atoms with Crippen molar-refractivity contribution in [3.05, 3.63) is 21.9 Å². The highest BCUT2D eigenvalue weighted by atomic mass is 16.6. The molecular weight excluding hydrogens is 276 g/mol. The number of rotatable bonds is 7. The molecular formula is C14H20N2O5. The summed E-state index contributed by atoms with van der Waals surface area (Å²) in [4.78, 5) is 37.4. The molecule has 0 bridgehead atoms. The highest BCUT2D eigenvalue weighted by Crippen LogP contribution is 2.21. The number of amides is 1. The SMILES string of the molecule is CCCC(CCC)C(=O)OC1=CC(C)=NC(=O)C1[N+](=O)[O-]. The Labute approximate surface area is 123 Å². The largest absolute Gasteiger partial charge is 0.423 e. The molecule has 0 radical (unpaired) electrons. The molecule has 1 heterocycles. The fraction of sp³-hybridized carbons (Fsp3) is 0.643. The van der Waals surface area contributed by atoms with E-state index >= 15 is 0 Å². The van der Waals surface area contributed by atoms with E-state index in [1.165, 1.54) is 13.0 Å². The van der Waals surface area contributed by atoms with Gasteiger partial charge in [0.15, 0.2) is 5.76 Å². The van der Waals surface area contributed by atoms with Crippen LogP contribution in [0.4, 0.5) is 0 Å². The predicted molar refractivity (Wildman–Crippen MR) is 76.4 cm³/mol. The number of nitrogens with zero attached hydrogens (tertiary/aromatic N) is 2. The van der Waals surface area contributed by atoms with Crippen molar-refractivity contribution in [2.45, 2.75) is 52.5 Å². The highest BCUT2D eigenvalue weighted by Gasteiger charge is 2.40. The molecule has 1 unspecified atom stereocenters. The van der Waals surface area contributed by atoms with E-state index in [2.05, 4.69) is 4.99 Å². The number of allylic oxidation sites excluding steroid dienone is 1. The molecule has 21 heavy (non-hydrogen) atoms. The molecule has 1 rings (SSSR count). The van der Waals surface area contributed by atoms with E-state index in [1.807, 2.05) is 13.8 Å². The number of aliphatic imine (C=N–C) groups is 1. The van der Waals surface area contributed by atoms with Gasteiger partial charge in [0.05, 0.1) is 5.92 Å². The zero-order valence-electron chi connectivity index (χ0n) is 12.5.